The third kappa shape index (κ3) is 5.67. The van der Waals surface area contributed by atoms with E-state index >= 15 is 0 Å². The van der Waals surface area contributed by atoms with Crippen LogP contribution in [0.1, 0.15) is 18.0 Å². The van der Waals surface area contributed by atoms with Crippen LogP contribution in [-0.2, 0) is 7.05 Å². The molecule has 0 unspecified atom stereocenters. The predicted molar refractivity (Wildman–Crippen MR) is 136 cm³/mol. The molecule has 4 heterocycles. The third-order valence-corrected chi connectivity index (χ3v) is 6.47. The van der Waals surface area contributed by atoms with Gasteiger partial charge in [0.05, 0.1) is 37.2 Å². The van der Waals surface area contributed by atoms with Gasteiger partial charge in [0.1, 0.15) is 30.0 Å². The van der Waals surface area contributed by atoms with Gasteiger partial charge in [-0.15, -0.1) is 0 Å². The number of amides is 2. The number of aryl methyl sites for hydroxylation is 1. The number of hydrogen-bond acceptors (Lipinski definition) is 7. The summed E-state index contributed by atoms with van der Waals surface area (Å²) in [5.41, 5.74) is 1.32. The van der Waals surface area contributed by atoms with E-state index < -0.39 is 35.6 Å². The van der Waals surface area contributed by atoms with Crippen molar-refractivity contribution in [2.75, 3.05) is 40.3 Å². The van der Waals surface area contributed by atoms with Gasteiger partial charge < -0.3 is 19.3 Å². The molecule has 206 valence electrons. The van der Waals surface area contributed by atoms with Crippen molar-refractivity contribution in [2.45, 2.75) is 18.6 Å². The Labute approximate surface area is 223 Å². The molecule has 2 aromatic heterocycles. The fraction of sp³-hybridized carbons (Fsp3) is 0.385. The van der Waals surface area contributed by atoms with Crippen LogP contribution < -0.4 is 9.47 Å². The van der Waals surface area contributed by atoms with Gasteiger partial charge in [0.15, 0.2) is 17.3 Å². The monoisotopic (exact) mass is 543 g/mol. The molecule has 1 saturated heterocycles. The number of carbonyl (C=O) groups is 1. The van der Waals surface area contributed by atoms with Crippen LogP contribution >= 0.6 is 0 Å². The van der Waals surface area contributed by atoms with E-state index in [4.69, 9.17) is 9.47 Å². The Morgan fingerprint density at radius 1 is 1.08 bits per heavy atom. The van der Waals surface area contributed by atoms with Gasteiger partial charge in [-0.2, -0.15) is 10.2 Å². The number of halogens is 3. The first-order valence-corrected chi connectivity index (χ1v) is 12.4. The average Bonchev–Trinajstić information content (AvgIpc) is 3.48. The number of pyridine rings is 1. The minimum Gasteiger partial charge on any atom is -0.488 e. The van der Waals surface area contributed by atoms with Crippen molar-refractivity contribution in [2.24, 2.45) is 12.1 Å². The van der Waals surface area contributed by atoms with Crippen molar-refractivity contribution >= 4 is 12.2 Å². The number of ether oxygens (including phenoxy) is 2. The van der Waals surface area contributed by atoms with E-state index in [2.05, 4.69) is 15.2 Å². The number of hydrogen-bond donors (Lipinski definition) is 0. The number of aromatic nitrogens is 3. The predicted octanol–water partition coefficient (Wildman–Crippen LogP) is 3.46. The zero-order valence-electron chi connectivity index (χ0n) is 21.7. The Bertz CT molecular complexity index is 1370. The maximum Gasteiger partial charge on any atom is 0.341 e. The molecule has 39 heavy (non-hydrogen) atoms. The summed E-state index contributed by atoms with van der Waals surface area (Å²) >= 11 is 0. The lowest BCUT2D eigenvalue weighted by molar-refractivity contribution is 0.0256. The highest BCUT2D eigenvalue weighted by atomic mass is 19.1. The average molecular weight is 544 g/mol. The molecule has 0 saturated carbocycles. The highest BCUT2D eigenvalue weighted by Crippen LogP contribution is 2.34. The van der Waals surface area contributed by atoms with Crippen LogP contribution in [0, 0.1) is 17.5 Å². The quantitative estimate of drug-likeness (QED) is 0.433. The number of carbonyl (C=O) groups excluding carboxylic acids is 1. The second-order valence-corrected chi connectivity index (χ2v) is 9.66. The molecule has 2 aliphatic heterocycles. The van der Waals surface area contributed by atoms with E-state index in [0.717, 1.165) is 12.3 Å². The first-order chi connectivity index (χ1) is 18.7. The fourth-order valence-electron chi connectivity index (χ4n) is 4.43. The van der Waals surface area contributed by atoms with Gasteiger partial charge >= 0.3 is 6.03 Å². The topological polar surface area (TPSA) is 88.3 Å². The van der Waals surface area contributed by atoms with Crippen LogP contribution in [0.15, 0.2) is 41.8 Å². The van der Waals surface area contributed by atoms with Crippen LogP contribution in [-0.4, -0.2) is 88.3 Å². The smallest absolute Gasteiger partial charge is 0.341 e. The summed E-state index contributed by atoms with van der Waals surface area (Å²) in [5, 5.41) is 9.55. The van der Waals surface area contributed by atoms with Crippen molar-refractivity contribution in [1.29, 1.82) is 0 Å². The highest BCUT2D eigenvalue weighted by Gasteiger charge is 2.39. The van der Waals surface area contributed by atoms with Crippen molar-refractivity contribution < 1.29 is 27.4 Å². The van der Waals surface area contributed by atoms with Crippen molar-refractivity contribution in [3.63, 3.8) is 0 Å². The molecule has 10 nitrogen and oxygen atoms in total. The maximum atomic E-state index is 14.6. The molecule has 1 aromatic carbocycles. The van der Waals surface area contributed by atoms with Gasteiger partial charge in [-0.1, -0.05) is 0 Å². The van der Waals surface area contributed by atoms with E-state index in [1.807, 2.05) is 19.0 Å². The van der Waals surface area contributed by atoms with Crippen LogP contribution in [0.2, 0.25) is 0 Å². The molecular weight excluding hydrogens is 515 g/mol. The Kier molecular flexibility index (Phi) is 7.42. The standard InChI is InChI=1S/C26H28F3N7O3/c1-33(2)6-7-38-24-13-32-34(3)25(24)21-11-23(20(29)12-30-21)39-19-14-35(15-19)26(37)36-22(4-5-31-36)16-8-17(27)10-18(28)9-16/h5,8-13,19,22H,4,6-7,14-15H2,1-3H3/t22-/m0/s1. The molecule has 13 heteroatoms. The molecule has 3 aromatic rings. The van der Waals surface area contributed by atoms with Gasteiger partial charge in [0, 0.05) is 38.4 Å². The second-order valence-electron chi connectivity index (χ2n) is 9.66. The van der Waals surface area contributed by atoms with Gasteiger partial charge in [-0.3, -0.25) is 9.67 Å². The maximum absolute atomic E-state index is 14.6. The number of hydrazone groups is 1. The zero-order valence-corrected chi connectivity index (χ0v) is 21.7. The number of benzene rings is 1. The Balaban J connectivity index is 1.23. The van der Waals surface area contributed by atoms with Gasteiger partial charge in [0.25, 0.3) is 0 Å². The summed E-state index contributed by atoms with van der Waals surface area (Å²) in [4.78, 5) is 20.7. The third-order valence-electron chi connectivity index (χ3n) is 6.47. The lowest BCUT2D eigenvalue weighted by Gasteiger charge is -2.41. The van der Waals surface area contributed by atoms with Crippen LogP contribution in [0.3, 0.4) is 0 Å². The Hall–Kier alpha value is -4.13. The largest absolute Gasteiger partial charge is 0.488 e. The molecular formula is C26H28F3N7O3. The van der Waals surface area contributed by atoms with Gasteiger partial charge in [0.2, 0.25) is 0 Å². The van der Waals surface area contributed by atoms with Crippen molar-refractivity contribution in [1.82, 2.24) is 29.6 Å². The normalized spacial score (nSPS) is 17.2. The Morgan fingerprint density at radius 3 is 2.54 bits per heavy atom. The Morgan fingerprint density at radius 2 is 1.82 bits per heavy atom. The van der Waals surface area contributed by atoms with Crippen LogP contribution in [0.5, 0.6) is 11.5 Å². The van der Waals surface area contributed by atoms with E-state index in [1.54, 1.807) is 17.9 Å². The van der Waals surface area contributed by atoms with Gasteiger partial charge in [-0.05, 0) is 31.8 Å². The second kappa shape index (κ2) is 10.9. The molecule has 0 radical (unpaired) electrons. The fourth-order valence-corrected chi connectivity index (χ4v) is 4.43. The molecule has 0 spiro atoms. The van der Waals surface area contributed by atoms with E-state index in [0.29, 0.717) is 42.3 Å². The minimum absolute atomic E-state index is 0.00940. The van der Waals surface area contributed by atoms with Gasteiger partial charge in [-0.25, -0.2) is 23.0 Å². The number of likely N-dealkylation sites (N-methyl/N-ethyl adjacent to an activating group) is 1. The van der Waals surface area contributed by atoms with Crippen LogP contribution in [0.4, 0.5) is 18.0 Å². The number of rotatable bonds is 8. The summed E-state index contributed by atoms with van der Waals surface area (Å²) in [7, 11) is 5.62. The lowest BCUT2D eigenvalue weighted by Crippen LogP contribution is -2.58. The first kappa shape index (κ1) is 26.5. The first-order valence-electron chi connectivity index (χ1n) is 12.4. The summed E-state index contributed by atoms with van der Waals surface area (Å²) in [5.74, 6) is -1.58. The lowest BCUT2D eigenvalue weighted by atomic mass is 10.0. The van der Waals surface area contributed by atoms with E-state index in [9.17, 15) is 18.0 Å². The minimum atomic E-state index is -0.723. The molecule has 1 atom stereocenters. The molecule has 5 rings (SSSR count). The van der Waals surface area contributed by atoms with Crippen molar-refractivity contribution in [3.05, 3.63) is 59.7 Å². The van der Waals surface area contributed by atoms with E-state index in [1.165, 1.54) is 34.3 Å². The molecule has 0 aliphatic carbocycles. The molecule has 0 bridgehead atoms. The number of urea groups is 1. The summed E-state index contributed by atoms with van der Waals surface area (Å²) in [6.07, 6.45) is 4.06. The SMILES string of the molecule is CN(C)CCOc1cnn(C)c1-c1cc(OC2CN(C(=O)N3N=CC[C@H]3c3cc(F)cc(F)c3)C2)c(F)cn1. The number of nitrogens with zero attached hydrogens (tertiary/aromatic N) is 7. The van der Waals surface area contributed by atoms with Crippen molar-refractivity contribution in [3.8, 4) is 22.9 Å². The molecule has 2 amide bonds. The molecule has 0 N–H and O–H groups in total. The zero-order chi connectivity index (χ0) is 27.7. The summed E-state index contributed by atoms with van der Waals surface area (Å²) < 4.78 is 55.4. The van der Waals surface area contributed by atoms with E-state index in [-0.39, 0.29) is 18.8 Å². The number of likely N-dealkylation sites (tertiary alicyclic amines) is 1. The molecule has 2 aliphatic rings. The highest BCUT2D eigenvalue weighted by molar-refractivity contribution is 5.79. The summed E-state index contributed by atoms with van der Waals surface area (Å²) in [6.45, 7) is 1.53. The molecule has 1 fully saturated rings. The summed E-state index contributed by atoms with van der Waals surface area (Å²) in [6, 6.07) is 3.60. The van der Waals surface area contributed by atoms with Crippen LogP contribution in [0.25, 0.3) is 11.4 Å².